The van der Waals surface area contributed by atoms with Crippen LogP contribution >= 0.6 is 11.3 Å². The molecular weight excluding hydrogens is 380 g/mol. The molecule has 5 rings (SSSR count). The number of anilines is 1. The van der Waals surface area contributed by atoms with Crippen molar-refractivity contribution in [3.05, 3.63) is 16.3 Å². The van der Waals surface area contributed by atoms with Crippen molar-refractivity contribution in [1.29, 1.82) is 0 Å². The molecule has 3 aliphatic rings. The Balaban J connectivity index is 1.45. The topological polar surface area (TPSA) is 49.3 Å². The van der Waals surface area contributed by atoms with Gasteiger partial charge in [0, 0.05) is 43.4 Å². The molecule has 0 N–H and O–H groups in total. The zero-order valence-corrected chi connectivity index (χ0v) is 18.7. The molecule has 0 bridgehead atoms. The van der Waals surface area contributed by atoms with Crippen molar-refractivity contribution in [1.82, 2.24) is 14.9 Å². The van der Waals surface area contributed by atoms with Gasteiger partial charge in [-0.2, -0.15) is 0 Å². The summed E-state index contributed by atoms with van der Waals surface area (Å²) in [5, 5.41) is 1.32. The zero-order valence-electron chi connectivity index (χ0n) is 17.9. The minimum Gasteiger partial charge on any atom is -0.352 e. The number of fused-ring (bicyclic) bond motifs is 3. The van der Waals surface area contributed by atoms with E-state index < -0.39 is 0 Å². The van der Waals surface area contributed by atoms with Crippen molar-refractivity contribution < 1.29 is 4.79 Å². The maximum atomic E-state index is 12.5. The lowest BCUT2D eigenvalue weighted by molar-refractivity contribution is -0.132. The summed E-state index contributed by atoms with van der Waals surface area (Å²) in [6, 6.07) is 0. The molecule has 29 heavy (non-hydrogen) atoms. The van der Waals surface area contributed by atoms with E-state index in [2.05, 4.69) is 25.7 Å². The Kier molecular flexibility index (Phi) is 5.01. The average molecular weight is 413 g/mol. The predicted molar refractivity (Wildman–Crippen MR) is 119 cm³/mol. The molecule has 1 saturated heterocycles. The van der Waals surface area contributed by atoms with Gasteiger partial charge in [-0.3, -0.25) is 4.79 Å². The van der Waals surface area contributed by atoms with Gasteiger partial charge in [-0.1, -0.05) is 20.8 Å². The molecule has 1 atom stereocenters. The molecule has 2 fully saturated rings. The van der Waals surface area contributed by atoms with Crippen molar-refractivity contribution >= 4 is 33.3 Å². The third-order valence-electron chi connectivity index (χ3n) is 6.61. The third-order valence-corrected chi connectivity index (χ3v) is 7.76. The SMILES string of the molecule is CC(C)CC(=O)N1CCN(c2nc(C3CC3)nc3sc4c(c23)CCC(C)C4)CC1. The van der Waals surface area contributed by atoms with Gasteiger partial charge in [0.15, 0.2) is 0 Å². The van der Waals surface area contributed by atoms with Crippen LogP contribution in [0.1, 0.15) is 68.6 Å². The van der Waals surface area contributed by atoms with Gasteiger partial charge < -0.3 is 9.80 Å². The first-order valence-corrected chi connectivity index (χ1v) is 12.2. The van der Waals surface area contributed by atoms with E-state index in [0.717, 1.165) is 50.2 Å². The van der Waals surface area contributed by atoms with Gasteiger partial charge in [-0.15, -0.1) is 11.3 Å². The summed E-state index contributed by atoms with van der Waals surface area (Å²) in [6.07, 6.45) is 6.71. The van der Waals surface area contributed by atoms with Crippen molar-refractivity contribution in [3.63, 3.8) is 0 Å². The van der Waals surface area contributed by atoms with Crippen molar-refractivity contribution in [2.45, 2.75) is 65.2 Å². The molecular formula is C23H32N4OS. The van der Waals surface area contributed by atoms with Gasteiger partial charge in [-0.05, 0) is 49.5 Å². The lowest BCUT2D eigenvalue weighted by Crippen LogP contribution is -2.49. The Morgan fingerprint density at radius 3 is 2.59 bits per heavy atom. The maximum Gasteiger partial charge on any atom is 0.222 e. The molecule has 2 aromatic heterocycles. The number of hydrogen-bond donors (Lipinski definition) is 0. The highest BCUT2D eigenvalue weighted by molar-refractivity contribution is 7.19. The Hall–Kier alpha value is -1.69. The number of amides is 1. The van der Waals surface area contributed by atoms with E-state index in [1.165, 1.54) is 46.3 Å². The van der Waals surface area contributed by atoms with E-state index >= 15 is 0 Å². The third kappa shape index (κ3) is 3.76. The van der Waals surface area contributed by atoms with E-state index in [-0.39, 0.29) is 0 Å². The molecule has 3 heterocycles. The number of carbonyl (C=O) groups is 1. The number of nitrogens with zero attached hydrogens (tertiary/aromatic N) is 4. The standard InChI is InChI=1S/C23H32N4OS/c1-14(2)12-19(28)26-8-10-27(11-9-26)22-20-17-7-4-15(3)13-18(17)29-23(20)25-21(24-22)16-5-6-16/h14-16H,4-13H2,1-3H3. The Morgan fingerprint density at radius 1 is 1.14 bits per heavy atom. The Bertz CT molecular complexity index is 925. The van der Waals surface area contributed by atoms with Crippen molar-refractivity contribution in [3.8, 4) is 0 Å². The first kappa shape index (κ1) is 19.3. The van der Waals surface area contributed by atoms with Crippen LogP contribution in [0.15, 0.2) is 0 Å². The minimum absolute atomic E-state index is 0.299. The lowest BCUT2D eigenvalue weighted by atomic mass is 9.89. The van der Waals surface area contributed by atoms with Gasteiger partial charge >= 0.3 is 0 Å². The van der Waals surface area contributed by atoms with Crippen LogP contribution in [0.4, 0.5) is 5.82 Å². The van der Waals surface area contributed by atoms with Crippen LogP contribution in [0, 0.1) is 11.8 Å². The first-order valence-electron chi connectivity index (χ1n) is 11.3. The van der Waals surface area contributed by atoms with Gasteiger partial charge in [0.2, 0.25) is 5.91 Å². The Labute approximate surface area is 177 Å². The fraction of sp³-hybridized carbons (Fsp3) is 0.696. The maximum absolute atomic E-state index is 12.5. The molecule has 5 nitrogen and oxygen atoms in total. The summed E-state index contributed by atoms with van der Waals surface area (Å²) in [5.41, 5.74) is 1.51. The number of piperazine rings is 1. The van der Waals surface area contributed by atoms with E-state index in [1.807, 2.05) is 16.2 Å². The Morgan fingerprint density at radius 2 is 1.90 bits per heavy atom. The zero-order chi connectivity index (χ0) is 20.1. The van der Waals surface area contributed by atoms with Crippen LogP contribution in [-0.2, 0) is 17.6 Å². The van der Waals surface area contributed by atoms with Crippen LogP contribution in [0.3, 0.4) is 0 Å². The second-order valence-corrected chi connectivity index (χ2v) is 10.8. The molecule has 2 aliphatic carbocycles. The van der Waals surface area contributed by atoms with Gasteiger partial charge in [-0.25, -0.2) is 9.97 Å². The second kappa shape index (κ2) is 7.53. The van der Waals surface area contributed by atoms with Gasteiger partial charge in [0.25, 0.3) is 0 Å². The summed E-state index contributed by atoms with van der Waals surface area (Å²) in [6.45, 7) is 9.96. The number of hydrogen-bond acceptors (Lipinski definition) is 5. The average Bonchev–Trinajstić information content (AvgIpc) is 3.48. The van der Waals surface area contributed by atoms with Crippen molar-refractivity contribution in [2.75, 3.05) is 31.1 Å². The number of thiophene rings is 1. The fourth-order valence-electron chi connectivity index (χ4n) is 4.74. The number of aromatic nitrogens is 2. The molecule has 2 aromatic rings. The van der Waals surface area contributed by atoms with E-state index in [0.29, 0.717) is 24.2 Å². The summed E-state index contributed by atoms with van der Waals surface area (Å²) in [7, 11) is 0. The fourth-order valence-corrected chi connectivity index (χ4v) is 6.12. The van der Waals surface area contributed by atoms with Crippen LogP contribution in [0.2, 0.25) is 0 Å². The molecule has 0 spiro atoms. The normalized spacial score (nSPS) is 22.4. The van der Waals surface area contributed by atoms with Crippen LogP contribution in [-0.4, -0.2) is 47.0 Å². The molecule has 1 unspecified atom stereocenters. The molecule has 6 heteroatoms. The van der Waals surface area contributed by atoms with Crippen LogP contribution in [0.5, 0.6) is 0 Å². The number of aryl methyl sites for hydroxylation is 1. The number of rotatable bonds is 4. The molecule has 0 radical (unpaired) electrons. The summed E-state index contributed by atoms with van der Waals surface area (Å²) in [4.78, 5) is 29.8. The smallest absolute Gasteiger partial charge is 0.222 e. The monoisotopic (exact) mass is 412 g/mol. The second-order valence-electron chi connectivity index (χ2n) is 9.68. The van der Waals surface area contributed by atoms with Crippen molar-refractivity contribution in [2.24, 2.45) is 11.8 Å². The summed E-state index contributed by atoms with van der Waals surface area (Å²) >= 11 is 1.91. The molecule has 1 amide bonds. The molecule has 1 aliphatic heterocycles. The van der Waals surface area contributed by atoms with Crippen LogP contribution < -0.4 is 4.90 Å². The van der Waals surface area contributed by atoms with E-state index in [9.17, 15) is 4.79 Å². The lowest BCUT2D eigenvalue weighted by Gasteiger charge is -2.36. The molecule has 0 aromatic carbocycles. The van der Waals surface area contributed by atoms with E-state index in [4.69, 9.17) is 9.97 Å². The first-order chi connectivity index (χ1) is 14.0. The molecule has 156 valence electrons. The number of carbonyl (C=O) groups excluding carboxylic acids is 1. The largest absolute Gasteiger partial charge is 0.352 e. The predicted octanol–water partition coefficient (Wildman–Crippen LogP) is 4.39. The van der Waals surface area contributed by atoms with Crippen LogP contribution in [0.25, 0.3) is 10.2 Å². The highest BCUT2D eigenvalue weighted by Gasteiger charge is 2.32. The molecule has 1 saturated carbocycles. The minimum atomic E-state index is 0.299. The highest BCUT2D eigenvalue weighted by Crippen LogP contribution is 2.44. The summed E-state index contributed by atoms with van der Waals surface area (Å²) in [5.74, 6) is 4.25. The van der Waals surface area contributed by atoms with Gasteiger partial charge in [0.1, 0.15) is 16.5 Å². The summed E-state index contributed by atoms with van der Waals surface area (Å²) < 4.78 is 0. The van der Waals surface area contributed by atoms with E-state index in [1.54, 1.807) is 0 Å². The van der Waals surface area contributed by atoms with Gasteiger partial charge in [0.05, 0.1) is 5.39 Å². The quantitative estimate of drug-likeness (QED) is 0.747. The highest BCUT2D eigenvalue weighted by atomic mass is 32.1.